The van der Waals surface area contributed by atoms with Crippen LogP contribution < -0.4 is 5.32 Å². The van der Waals surface area contributed by atoms with Gasteiger partial charge in [-0.15, -0.1) is 0 Å². The second kappa shape index (κ2) is 10.1. The van der Waals surface area contributed by atoms with E-state index in [1.807, 2.05) is 57.2 Å². The first kappa shape index (κ1) is 23.1. The number of nitrogens with one attached hydrogen (secondary N) is 1. The molecule has 2 aromatic heterocycles. The van der Waals surface area contributed by atoms with Crippen molar-refractivity contribution in [3.8, 4) is 11.4 Å². The number of rotatable bonds is 8. The number of anilines is 2. The van der Waals surface area contributed by atoms with E-state index in [9.17, 15) is 15.0 Å². The van der Waals surface area contributed by atoms with Crippen molar-refractivity contribution in [1.82, 2.24) is 24.8 Å². The van der Waals surface area contributed by atoms with Gasteiger partial charge in [-0.1, -0.05) is 12.1 Å². The molecule has 0 fully saturated rings. The molecule has 0 saturated heterocycles. The van der Waals surface area contributed by atoms with E-state index in [2.05, 4.69) is 25.3 Å². The van der Waals surface area contributed by atoms with E-state index in [0.717, 1.165) is 22.5 Å². The highest BCUT2D eigenvalue weighted by molar-refractivity contribution is 5.66. The molecule has 0 spiro atoms. The molecule has 0 atom stereocenters. The van der Waals surface area contributed by atoms with Gasteiger partial charge in [-0.3, -0.25) is 4.98 Å². The van der Waals surface area contributed by atoms with Gasteiger partial charge in [-0.05, 0) is 63.4 Å². The van der Waals surface area contributed by atoms with Gasteiger partial charge in [0.15, 0.2) is 5.82 Å². The van der Waals surface area contributed by atoms with Crippen molar-refractivity contribution >= 4 is 17.7 Å². The summed E-state index contributed by atoms with van der Waals surface area (Å²) in [4.78, 5) is 30.3. The summed E-state index contributed by atoms with van der Waals surface area (Å²) in [6.45, 7) is 6.03. The first-order valence-corrected chi connectivity index (χ1v) is 10.4. The number of aryl methyl sites for hydroxylation is 1. The normalized spacial score (nSPS) is 11.2. The second-order valence-electron chi connectivity index (χ2n) is 8.36. The van der Waals surface area contributed by atoms with E-state index in [0.29, 0.717) is 31.2 Å². The number of pyridine rings is 1. The van der Waals surface area contributed by atoms with Crippen LogP contribution in [0.3, 0.4) is 0 Å². The van der Waals surface area contributed by atoms with Crippen LogP contribution in [0.5, 0.6) is 0 Å². The van der Waals surface area contributed by atoms with Crippen molar-refractivity contribution in [3.05, 3.63) is 60.2 Å². The topological polar surface area (TPSA) is 124 Å². The number of carboxylic acid groups (broad SMARTS) is 1. The Labute approximate surface area is 187 Å². The number of benzene rings is 1. The van der Waals surface area contributed by atoms with Crippen molar-refractivity contribution in [2.24, 2.45) is 0 Å². The summed E-state index contributed by atoms with van der Waals surface area (Å²) in [7, 11) is 0. The van der Waals surface area contributed by atoms with Gasteiger partial charge in [0, 0.05) is 35.2 Å². The lowest BCUT2D eigenvalue weighted by atomic mass is 10.1. The molecule has 1 amide bonds. The maximum Gasteiger partial charge on any atom is 0.407 e. The Hall–Kier alpha value is -3.59. The monoisotopic (exact) mass is 436 g/mol. The fourth-order valence-corrected chi connectivity index (χ4v) is 3.26. The Bertz CT molecular complexity index is 1070. The van der Waals surface area contributed by atoms with Crippen LogP contribution in [0.25, 0.3) is 11.4 Å². The third-order valence-electron chi connectivity index (χ3n) is 4.87. The van der Waals surface area contributed by atoms with Gasteiger partial charge in [-0.2, -0.15) is 4.98 Å². The molecule has 0 aliphatic rings. The molecule has 3 rings (SSSR count). The number of hydrogen-bond acceptors (Lipinski definition) is 7. The van der Waals surface area contributed by atoms with Crippen LogP contribution in [0.1, 0.15) is 38.4 Å². The van der Waals surface area contributed by atoms with E-state index in [4.69, 9.17) is 0 Å². The fraction of sp³-hybridized carbons (Fsp3) is 0.348. The minimum Gasteiger partial charge on any atom is -0.465 e. The van der Waals surface area contributed by atoms with E-state index >= 15 is 0 Å². The van der Waals surface area contributed by atoms with E-state index in [1.54, 1.807) is 6.20 Å². The van der Waals surface area contributed by atoms with Crippen LogP contribution >= 0.6 is 0 Å². The van der Waals surface area contributed by atoms with Crippen LogP contribution in [-0.2, 0) is 13.0 Å². The zero-order chi connectivity index (χ0) is 23.1. The second-order valence-corrected chi connectivity index (χ2v) is 8.36. The van der Waals surface area contributed by atoms with Gasteiger partial charge in [-0.25, -0.2) is 14.8 Å². The zero-order valence-electron chi connectivity index (χ0n) is 18.5. The van der Waals surface area contributed by atoms with E-state index < -0.39 is 11.6 Å². The first-order chi connectivity index (χ1) is 15.3. The first-order valence-electron chi connectivity index (χ1n) is 10.4. The molecule has 0 saturated carbocycles. The summed E-state index contributed by atoms with van der Waals surface area (Å²) < 4.78 is 0. The van der Waals surface area contributed by atoms with Crippen LogP contribution in [0, 0.1) is 0 Å². The number of amides is 1. The molecule has 168 valence electrons. The quantitative estimate of drug-likeness (QED) is 0.486. The van der Waals surface area contributed by atoms with Gasteiger partial charge >= 0.3 is 6.09 Å². The number of carbonyl (C=O) groups is 1. The van der Waals surface area contributed by atoms with Crippen molar-refractivity contribution in [1.29, 1.82) is 0 Å². The number of nitrogens with zero attached hydrogens (tertiary/aromatic N) is 5. The van der Waals surface area contributed by atoms with E-state index in [-0.39, 0.29) is 6.61 Å². The smallest absolute Gasteiger partial charge is 0.407 e. The van der Waals surface area contributed by atoms with Gasteiger partial charge in [0.2, 0.25) is 5.95 Å². The maximum atomic E-state index is 11.5. The molecule has 1 aromatic carbocycles. The Morgan fingerprint density at radius 3 is 2.66 bits per heavy atom. The molecular weight excluding hydrogens is 408 g/mol. The van der Waals surface area contributed by atoms with Crippen molar-refractivity contribution < 1.29 is 15.0 Å². The van der Waals surface area contributed by atoms with Gasteiger partial charge < -0.3 is 20.4 Å². The van der Waals surface area contributed by atoms with Crippen LogP contribution in [0.15, 0.2) is 48.9 Å². The predicted molar refractivity (Wildman–Crippen MR) is 122 cm³/mol. The lowest BCUT2D eigenvalue weighted by molar-refractivity contribution is 0.0995. The molecule has 2 heterocycles. The molecule has 9 nitrogen and oxygen atoms in total. The Morgan fingerprint density at radius 2 is 1.94 bits per heavy atom. The molecule has 0 aliphatic carbocycles. The molecule has 0 unspecified atom stereocenters. The summed E-state index contributed by atoms with van der Waals surface area (Å²) in [6.07, 6.45) is 3.51. The molecule has 32 heavy (non-hydrogen) atoms. The Balaban J connectivity index is 1.69. The molecule has 0 radical (unpaired) electrons. The minimum atomic E-state index is -0.922. The number of aliphatic hydroxyl groups excluding tert-OH is 1. The lowest BCUT2D eigenvalue weighted by Gasteiger charge is -2.33. The summed E-state index contributed by atoms with van der Waals surface area (Å²) in [6, 6.07) is 11.1. The summed E-state index contributed by atoms with van der Waals surface area (Å²) >= 11 is 0. The van der Waals surface area contributed by atoms with Gasteiger partial charge in [0.1, 0.15) is 6.33 Å². The average Bonchev–Trinajstić information content (AvgIpc) is 2.76. The predicted octanol–water partition coefficient (Wildman–Crippen LogP) is 3.88. The van der Waals surface area contributed by atoms with Crippen molar-refractivity contribution in [3.63, 3.8) is 0 Å². The Morgan fingerprint density at radius 1 is 1.12 bits per heavy atom. The van der Waals surface area contributed by atoms with Crippen LogP contribution in [0.4, 0.5) is 16.4 Å². The summed E-state index contributed by atoms with van der Waals surface area (Å²) in [5.41, 5.74) is 2.75. The highest BCUT2D eigenvalue weighted by Crippen LogP contribution is 2.20. The van der Waals surface area contributed by atoms with Gasteiger partial charge in [0.25, 0.3) is 0 Å². The fourth-order valence-electron chi connectivity index (χ4n) is 3.26. The zero-order valence-corrected chi connectivity index (χ0v) is 18.5. The highest BCUT2D eigenvalue weighted by atomic mass is 16.4. The van der Waals surface area contributed by atoms with Crippen LogP contribution in [0.2, 0.25) is 0 Å². The largest absolute Gasteiger partial charge is 0.465 e. The molecule has 0 bridgehead atoms. The molecule has 0 aliphatic heterocycles. The molecule has 3 aromatic rings. The summed E-state index contributed by atoms with van der Waals surface area (Å²) in [5, 5.41) is 21.9. The molecule has 9 heteroatoms. The van der Waals surface area contributed by atoms with Crippen molar-refractivity contribution in [2.75, 3.05) is 11.9 Å². The van der Waals surface area contributed by atoms with E-state index in [1.165, 1.54) is 11.2 Å². The average molecular weight is 437 g/mol. The minimum absolute atomic E-state index is 0.0439. The molecular formula is C23H28N6O3. The SMILES string of the molecule is CC(C)(C)N(CCCc1cc(-c2ncnc(Nc3cccc(CO)c3)n2)ccn1)C(=O)O. The third-order valence-corrected chi connectivity index (χ3v) is 4.87. The van der Waals surface area contributed by atoms with Crippen LogP contribution in [-0.4, -0.2) is 53.2 Å². The third kappa shape index (κ3) is 6.21. The lowest BCUT2D eigenvalue weighted by Crippen LogP contribution is -2.45. The van der Waals surface area contributed by atoms with Gasteiger partial charge in [0.05, 0.1) is 6.61 Å². The molecule has 3 N–H and O–H groups in total. The Kier molecular flexibility index (Phi) is 7.32. The highest BCUT2D eigenvalue weighted by Gasteiger charge is 2.25. The standard InChI is InChI=1S/C23H28N6O3/c1-23(2,3)29(22(31)32)11-5-8-18-13-17(9-10-24-18)20-25-15-26-21(28-20)27-19-7-4-6-16(12-19)14-30/h4,6-7,9-10,12-13,15,30H,5,8,11,14H2,1-3H3,(H,31,32)(H,25,26,27,28). The number of hydrogen-bond donors (Lipinski definition) is 3. The number of aliphatic hydroxyl groups is 1. The summed E-state index contributed by atoms with van der Waals surface area (Å²) in [5.74, 6) is 0.900. The van der Waals surface area contributed by atoms with Crippen molar-refractivity contribution in [2.45, 2.75) is 45.8 Å². The maximum absolute atomic E-state index is 11.5. The number of aromatic nitrogens is 4.